The summed E-state index contributed by atoms with van der Waals surface area (Å²) in [5.41, 5.74) is 2.36. The van der Waals surface area contributed by atoms with Gasteiger partial charge >= 0.3 is 5.97 Å². The van der Waals surface area contributed by atoms with E-state index in [-0.39, 0.29) is 24.6 Å². The van der Waals surface area contributed by atoms with E-state index in [4.69, 9.17) is 9.47 Å². The van der Waals surface area contributed by atoms with E-state index in [9.17, 15) is 9.90 Å². The number of aliphatic hydroxyl groups excluding tert-OH is 1. The number of nitrogens with one attached hydrogen (secondary N) is 2. The minimum Gasteiger partial charge on any atom is -0.457 e. The van der Waals surface area contributed by atoms with Crippen LogP contribution < -0.4 is 10.6 Å². The molecule has 0 aromatic heterocycles. The molecule has 1 aliphatic heterocycles. The van der Waals surface area contributed by atoms with Crippen molar-refractivity contribution >= 4 is 11.9 Å². The van der Waals surface area contributed by atoms with Crippen LogP contribution in [-0.2, 0) is 22.6 Å². The summed E-state index contributed by atoms with van der Waals surface area (Å²) in [6.07, 6.45) is 1.62. The van der Waals surface area contributed by atoms with Crippen LogP contribution >= 0.6 is 0 Å². The van der Waals surface area contributed by atoms with Crippen molar-refractivity contribution in [2.45, 2.75) is 26.0 Å². The highest BCUT2D eigenvalue weighted by Gasteiger charge is 2.34. The summed E-state index contributed by atoms with van der Waals surface area (Å²) in [5, 5.41) is 16.0. The summed E-state index contributed by atoms with van der Waals surface area (Å²) in [7, 11) is 1.72. The highest BCUT2D eigenvalue weighted by atomic mass is 16.5. The first-order chi connectivity index (χ1) is 15.1. The molecule has 0 spiro atoms. The first kappa shape index (κ1) is 22.8. The number of hydrogen-bond acceptors (Lipinski definition) is 5. The SMILES string of the molecule is CN=C(NCc1cccc(C(=O)OCc2ccccc2)c1)NCC1(CCO)CCOC1. The topological polar surface area (TPSA) is 92.2 Å². The number of aliphatic hydroxyl groups is 1. The summed E-state index contributed by atoms with van der Waals surface area (Å²) < 4.78 is 11.0. The molecule has 7 nitrogen and oxygen atoms in total. The molecule has 7 heteroatoms. The van der Waals surface area contributed by atoms with Crippen molar-refractivity contribution in [1.29, 1.82) is 0 Å². The second-order valence-corrected chi connectivity index (χ2v) is 7.82. The van der Waals surface area contributed by atoms with Gasteiger partial charge in [0.05, 0.1) is 12.2 Å². The van der Waals surface area contributed by atoms with Gasteiger partial charge in [0.25, 0.3) is 0 Å². The van der Waals surface area contributed by atoms with E-state index < -0.39 is 0 Å². The molecule has 1 unspecified atom stereocenters. The summed E-state index contributed by atoms with van der Waals surface area (Å²) in [5.74, 6) is 0.321. The van der Waals surface area contributed by atoms with Crippen LogP contribution in [0.5, 0.6) is 0 Å². The lowest BCUT2D eigenvalue weighted by atomic mass is 9.84. The van der Waals surface area contributed by atoms with Gasteiger partial charge in [0.2, 0.25) is 0 Å². The number of rotatable bonds is 9. The van der Waals surface area contributed by atoms with Crippen LogP contribution in [0.2, 0.25) is 0 Å². The largest absolute Gasteiger partial charge is 0.457 e. The summed E-state index contributed by atoms with van der Waals surface area (Å²) in [4.78, 5) is 16.7. The summed E-state index contributed by atoms with van der Waals surface area (Å²) >= 11 is 0. The molecule has 1 fully saturated rings. The van der Waals surface area contributed by atoms with Crippen molar-refractivity contribution in [2.24, 2.45) is 10.4 Å². The van der Waals surface area contributed by atoms with Gasteiger partial charge in [-0.15, -0.1) is 0 Å². The van der Waals surface area contributed by atoms with Gasteiger partial charge in [-0.05, 0) is 36.1 Å². The maximum absolute atomic E-state index is 12.4. The molecule has 1 aliphatic rings. The van der Waals surface area contributed by atoms with Gasteiger partial charge in [-0.2, -0.15) is 0 Å². The first-order valence-corrected chi connectivity index (χ1v) is 10.6. The monoisotopic (exact) mass is 425 g/mol. The molecule has 3 rings (SSSR count). The van der Waals surface area contributed by atoms with Gasteiger partial charge in [0.15, 0.2) is 5.96 Å². The molecule has 0 radical (unpaired) electrons. The highest BCUT2D eigenvalue weighted by Crippen LogP contribution is 2.31. The zero-order valence-electron chi connectivity index (χ0n) is 18.0. The number of nitrogens with zero attached hydrogens (tertiary/aromatic N) is 1. The lowest BCUT2D eigenvalue weighted by molar-refractivity contribution is 0.0472. The summed E-state index contributed by atoms with van der Waals surface area (Å²) in [6.45, 7) is 2.95. The van der Waals surface area contributed by atoms with Gasteiger partial charge in [-0.25, -0.2) is 4.79 Å². The van der Waals surface area contributed by atoms with Crippen molar-refractivity contribution in [3.8, 4) is 0 Å². The first-order valence-electron chi connectivity index (χ1n) is 10.6. The Morgan fingerprint density at radius 2 is 1.97 bits per heavy atom. The molecule has 166 valence electrons. The molecule has 3 N–H and O–H groups in total. The van der Waals surface area contributed by atoms with Crippen molar-refractivity contribution in [1.82, 2.24) is 10.6 Å². The molecule has 0 bridgehead atoms. The van der Waals surface area contributed by atoms with Crippen molar-refractivity contribution in [3.05, 3.63) is 71.3 Å². The molecule has 0 aliphatic carbocycles. The van der Waals surface area contributed by atoms with Crippen LogP contribution in [0.15, 0.2) is 59.6 Å². The maximum Gasteiger partial charge on any atom is 0.338 e. The van der Waals surface area contributed by atoms with E-state index in [0.29, 0.717) is 37.6 Å². The molecule has 0 amide bonds. The average Bonchev–Trinajstić information content (AvgIpc) is 3.27. The second-order valence-electron chi connectivity index (χ2n) is 7.82. The number of benzene rings is 2. The number of carbonyl (C=O) groups excluding carboxylic acids is 1. The molecule has 1 atom stereocenters. The molecule has 1 saturated heterocycles. The molecule has 1 heterocycles. The van der Waals surface area contributed by atoms with Crippen molar-refractivity contribution in [3.63, 3.8) is 0 Å². The van der Waals surface area contributed by atoms with Crippen molar-refractivity contribution in [2.75, 3.05) is 33.4 Å². The lowest BCUT2D eigenvalue weighted by Crippen LogP contribution is -2.44. The summed E-state index contributed by atoms with van der Waals surface area (Å²) in [6, 6.07) is 17.0. The quantitative estimate of drug-likeness (QED) is 0.325. The predicted octanol–water partition coefficient (Wildman–Crippen LogP) is 2.50. The standard InChI is InChI=1S/C24H31N3O4/c1-25-23(27-17-24(10-12-28)11-13-30-18-24)26-15-20-8-5-9-21(14-20)22(29)31-16-19-6-3-2-4-7-19/h2-9,14,28H,10-13,15-18H2,1H3,(H2,25,26,27). The lowest BCUT2D eigenvalue weighted by Gasteiger charge is -2.27. The number of guanidine groups is 1. The number of ether oxygens (including phenoxy) is 2. The van der Waals surface area contributed by atoms with E-state index in [1.165, 1.54) is 0 Å². The van der Waals surface area contributed by atoms with Crippen LogP contribution in [-0.4, -0.2) is 50.4 Å². The highest BCUT2D eigenvalue weighted by molar-refractivity contribution is 5.89. The van der Waals surface area contributed by atoms with Crippen LogP contribution in [0.4, 0.5) is 0 Å². The Morgan fingerprint density at radius 3 is 2.68 bits per heavy atom. The predicted molar refractivity (Wildman–Crippen MR) is 120 cm³/mol. The van der Waals surface area contributed by atoms with Crippen LogP contribution in [0.3, 0.4) is 0 Å². The van der Waals surface area contributed by atoms with Gasteiger partial charge in [0, 0.05) is 38.8 Å². The number of esters is 1. The van der Waals surface area contributed by atoms with E-state index in [2.05, 4.69) is 15.6 Å². The van der Waals surface area contributed by atoms with Crippen LogP contribution in [0.25, 0.3) is 0 Å². The molecule has 31 heavy (non-hydrogen) atoms. The fraction of sp³-hybridized carbons (Fsp3) is 0.417. The van der Waals surface area contributed by atoms with Gasteiger partial charge < -0.3 is 25.2 Å². The van der Waals surface area contributed by atoms with Crippen LogP contribution in [0, 0.1) is 5.41 Å². The fourth-order valence-corrected chi connectivity index (χ4v) is 3.60. The third-order valence-electron chi connectivity index (χ3n) is 5.52. The number of aliphatic imine (C=N–C) groups is 1. The Balaban J connectivity index is 1.50. The Bertz CT molecular complexity index is 864. The minimum absolute atomic E-state index is 0.0607. The Morgan fingerprint density at radius 1 is 1.16 bits per heavy atom. The second kappa shape index (κ2) is 11.5. The average molecular weight is 426 g/mol. The molecule has 0 saturated carbocycles. The minimum atomic E-state index is -0.347. The van der Waals surface area contributed by atoms with Crippen LogP contribution in [0.1, 0.15) is 34.3 Å². The normalized spacial score (nSPS) is 18.6. The zero-order chi connectivity index (χ0) is 21.9. The zero-order valence-corrected chi connectivity index (χ0v) is 18.0. The smallest absolute Gasteiger partial charge is 0.338 e. The van der Waals surface area contributed by atoms with E-state index in [1.807, 2.05) is 48.5 Å². The maximum atomic E-state index is 12.4. The van der Waals surface area contributed by atoms with Crippen molar-refractivity contribution < 1.29 is 19.4 Å². The molecular formula is C24H31N3O4. The molecular weight excluding hydrogens is 394 g/mol. The number of hydrogen-bond donors (Lipinski definition) is 3. The van der Waals surface area contributed by atoms with Gasteiger partial charge in [-0.3, -0.25) is 4.99 Å². The fourth-order valence-electron chi connectivity index (χ4n) is 3.60. The Labute approximate surface area is 183 Å². The Kier molecular flexibility index (Phi) is 8.44. The van der Waals surface area contributed by atoms with Gasteiger partial charge in [0.1, 0.15) is 6.61 Å². The van der Waals surface area contributed by atoms with E-state index in [0.717, 1.165) is 24.2 Å². The molecule has 2 aromatic carbocycles. The third kappa shape index (κ3) is 6.80. The Hall–Kier alpha value is -2.90. The van der Waals surface area contributed by atoms with Gasteiger partial charge in [-0.1, -0.05) is 42.5 Å². The molecule has 2 aromatic rings. The van der Waals surface area contributed by atoms with E-state index in [1.54, 1.807) is 13.1 Å². The van der Waals surface area contributed by atoms with E-state index >= 15 is 0 Å². The number of carbonyl (C=O) groups is 1. The third-order valence-corrected chi connectivity index (χ3v) is 5.52.